The van der Waals surface area contributed by atoms with E-state index in [1.54, 1.807) is 23.1 Å². The van der Waals surface area contributed by atoms with Crippen LogP contribution in [0.15, 0.2) is 24.3 Å². The lowest BCUT2D eigenvalue weighted by molar-refractivity contribution is -0.122. The van der Waals surface area contributed by atoms with Crippen LogP contribution in [0.1, 0.15) is 32.6 Å². The second-order valence-corrected chi connectivity index (χ2v) is 6.91. The first-order valence-corrected chi connectivity index (χ1v) is 9.62. The molecule has 0 aliphatic carbocycles. The van der Waals surface area contributed by atoms with Gasteiger partial charge in [0, 0.05) is 50.0 Å². The van der Waals surface area contributed by atoms with Crippen molar-refractivity contribution in [2.24, 2.45) is 5.92 Å². The standard InChI is InChI=1S/C19H28ClN3O3/c1-2-26-12-4-9-21-18(24)13-15-7-10-23(11-8-15)19(25)22-17-6-3-5-16(20)14-17/h3,5-6,14-15H,2,4,7-13H2,1H3,(H,21,24)(H,22,25). The molecule has 144 valence electrons. The van der Waals surface area contributed by atoms with Crippen molar-refractivity contribution in [1.29, 1.82) is 0 Å². The molecule has 2 N–H and O–H groups in total. The molecule has 1 aromatic rings. The topological polar surface area (TPSA) is 70.7 Å². The summed E-state index contributed by atoms with van der Waals surface area (Å²) in [5.41, 5.74) is 0.691. The molecular formula is C19H28ClN3O3. The van der Waals surface area contributed by atoms with Gasteiger partial charge < -0.3 is 20.3 Å². The molecule has 1 fully saturated rings. The van der Waals surface area contributed by atoms with Gasteiger partial charge in [-0.05, 0) is 50.3 Å². The molecule has 26 heavy (non-hydrogen) atoms. The van der Waals surface area contributed by atoms with Gasteiger partial charge in [0.1, 0.15) is 0 Å². The molecule has 2 rings (SSSR count). The van der Waals surface area contributed by atoms with E-state index >= 15 is 0 Å². The van der Waals surface area contributed by atoms with E-state index in [-0.39, 0.29) is 11.9 Å². The minimum absolute atomic E-state index is 0.0864. The predicted molar refractivity (Wildman–Crippen MR) is 104 cm³/mol. The average molecular weight is 382 g/mol. The van der Waals surface area contributed by atoms with Crippen LogP contribution in [0.4, 0.5) is 10.5 Å². The molecule has 6 nitrogen and oxygen atoms in total. The molecule has 0 radical (unpaired) electrons. The minimum atomic E-state index is -0.119. The number of piperidine rings is 1. The van der Waals surface area contributed by atoms with E-state index in [2.05, 4.69) is 10.6 Å². The van der Waals surface area contributed by atoms with Crippen molar-refractivity contribution < 1.29 is 14.3 Å². The number of anilines is 1. The number of nitrogens with zero attached hydrogens (tertiary/aromatic N) is 1. The van der Waals surface area contributed by atoms with Gasteiger partial charge in [0.05, 0.1) is 0 Å². The molecule has 0 bridgehead atoms. The Hall–Kier alpha value is -1.79. The third-order valence-electron chi connectivity index (χ3n) is 4.44. The highest BCUT2D eigenvalue weighted by molar-refractivity contribution is 6.30. The molecule has 0 saturated carbocycles. The lowest BCUT2D eigenvalue weighted by Crippen LogP contribution is -2.42. The van der Waals surface area contributed by atoms with Gasteiger partial charge >= 0.3 is 6.03 Å². The molecule has 0 aromatic heterocycles. The quantitative estimate of drug-likeness (QED) is 0.677. The van der Waals surface area contributed by atoms with Crippen LogP contribution in [0.25, 0.3) is 0 Å². The monoisotopic (exact) mass is 381 g/mol. The molecule has 1 aliphatic heterocycles. The van der Waals surface area contributed by atoms with Crippen molar-refractivity contribution in [3.05, 3.63) is 29.3 Å². The maximum Gasteiger partial charge on any atom is 0.321 e. The van der Waals surface area contributed by atoms with Crippen LogP contribution < -0.4 is 10.6 Å². The second kappa shape index (κ2) is 11.0. The Balaban J connectivity index is 1.65. The molecule has 0 unspecified atom stereocenters. The van der Waals surface area contributed by atoms with Crippen molar-refractivity contribution in [3.63, 3.8) is 0 Å². The summed E-state index contributed by atoms with van der Waals surface area (Å²) in [6.07, 6.45) is 3.05. The number of amides is 3. The van der Waals surface area contributed by atoms with Gasteiger partial charge in [-0.2, -0.15) is 0 Å². The average Bonchev–Trinajstić information content (AvgIpc) is 2.62. The zero-order valence-electron chi connectivity index (χ0n) is 15.3. The number of likely N-dealkylation sites (tertiary alicyclic amines) is 1. The van der Waals surface area contributed by atoms with Gasteiger partial charge in [0.25, 0.3) is 0 Å². The number of halogens is 1. The van der Waals surface area contributed by atoms with Crippen molar-refractivity contribution >= 4 is 29.2 Å². The van der Waals surface area contributed by atoms with Crippen LogP contribution in [0.3, 0.4) is 0 Å². The molecule has 1 saturated heterocycles. The fourth-order valence-electron chi connectivity index (χ4n) is 2.99. The number of urea groups is 1. The molecule has 1 aliphatic rings. The summed E-state index contributed by atoms with van der Waals surface area (Å²) in [6.45, 7) is 5.32. The maximum absolute atomic E-state index is 12.3. The fourth-order valence-corrected chi connectivity index (χ4v) is 3.18. The van der Waals surface area contributed by atoms with Crippen LogP contribution in [0, 0.1) is 5.92 Å². The third kappa shape index (κ3) is 7.22. The number of benzene rings is 1. The summed E-state index contributed by atoms with van der Waals surface area (Å²) in [5.74, 6) is 0.417. The zero-order chi connectivity index (χ0) is 18.8. The Morgan fingerprint density at radius 1 is 1.31 bits per heavy atom. The van der Waals surface area contributed by atoms with Gasteiger partial charge in [-0.3, -0.25) is 4.79 Å². The highest BCUT2D eigenvalue weighted by Gasteiger charge is 2.24. The van der Waals surface area contributed by atoms with E-state index in [0.717, 1.165) is 19.3 Å². The first-order valence-electron chi connectivity index (χ1n) is 9.24. The van der Waals surface area contributed by atoms with Crippen LogP contribution in [0.2, 0.25) is 5.02 Å². The lowest BCUT2D eigenvalue weighted by Gasteiger charge is -2.31. The van der Waals surface area contributed by atoms with Gasteiger partial charge in [-0.1, -0.05) is 17.7 Å². The highest BCUT2D eigenvalue weighted by Crippen LogP contribution is 2.22. The van der Waals surface area contributed by atoms with Crippen molar-refractivity contribution in [1.82, 2.24) is 10.2 Å². The van der Waals surface area contributed by atoms with Crippen molar-refractivity contribution in [3.8, 4) is 0 Å². The summed E-state index contributed by atoms with van der Waals surface area (Å²) < 4.78 is 5.25. The zero-order valence-corrected chi connectivity index (χ0v) is 16.1. The molecule has 7 heteroatoms. The first kappa shape index (κ1) is 20.5. The van der Waals surface area contributed by atoms with Gasteiger partial charge in [0.15, 0.2) is 0 Å². The lowest BCUT2D eigenvalue weighted by atomic mass is 9.93. The van der Waals surface area contributed by atoms with Gasteiger partial charge in [-0.25, -0.2) is 4.79 Å². The molecule has 3 amide bonds. The maximum atomic E-state index is 12.3. The summed E-state index contributed by atoms with van der Waals surface area (Å²) in [6, 6.07) is 6.99. The van der Waals surface area contributed by atoms with Crippen LogP contribution >= 0.6 is 11.6 Å². The van der Waals surface area contributed by atoms with E-state index in [4.69, 9.17) is 16.3 Å². The molecule has 0 spiro atoms. The van der Waals surface area contributed by atoms with Crippen LogP contribution in [-0.2, 0) is 9.53 Å². The predicted octanol–water partition coefficient (Wildman–Crippen LogP) is 3.52. The summed E-state index contributed by atoms with van der Waals surface area (Å²) in [7, 11) is 0. The van der Waals surface area contributed by atoms with Crippen molar-refractivity contribution in [2.45, 2.75) is 32.6 Å². The number of nitrogens with one attached hydrogen (secondary N) is 2. The van der Waals surface area contributed by atoms with E-state index in [9.17, 15) is 9.59 Å². The highest BCUT2D eigenvalue weighted by atomic mass is 35.5. The van der Waals surface area contributed by atoms with Gasteiger partial charge in [-0.15, -0.1) is 0 Å². The first-order chi connectivity index (χ1) is 12.6. The molecule has 0 atom stereocenters. The molecule has 1 aromatic carbocycles. The van der Waals surface area contributed by atoms with Gasteiger partial charge in [0.2, 0.25) is 5.91 Å². The number of hydrogen-bond acceptors (Lipinski definition) is 3. The third-order valence-corrected chi connectivity index (χ3v) is 4.68. The normalized spacial score (nSPS) is 14.9. The van der Waals surface area contributed by atoms with Crippen LogP contribution in [0.5, 0.6) is 0 Å². The number of carbonyl (C=O) groups is 2. The summed E-state index contributed by atoms with van der Waals surface area (Å²) in [4.78, 5) is 26.1. The van der Waals surface area contributed by atoms with Crippen molar-refractivity contribution in [2.75, 3.05) is 38.2 Å². The van der Waals surface area contributed by atoms with E-state index in [0.29, 0.717) is 55.9 Å². The number of hydrogen-bond donors (Lipinski definition) is 2. The van der Waals surface area contributed by atoms with E-state index in [1.807, 2.05) is 13.0 Å². The smallest absolute Gasteiger partial charge is 0.321 e. The van der Waals surface area contributed by atoms with E-state index < -0.39 is 0 Å². The Morgan fingerprint density at radius 2 is 2.08 bits per heavy atom. The fraction of sp³-hybridized carbons (Fsp3) is 0.579. The Kier molecular flexibility index (Phi) is 8.71. The summed E-state index contributed by atoms with van der Waals surface area (Å²) >= 11 is 5.93. The minimum Gasteiger partial charge on any atom is -0.382 e. The number of rotatable bonds is 8. The number of carbonyl (C=O) groups excluding carboxylic acids is 2. The summed E-state index contributed by atoms with van der Waals surface area (Å²) in [5, 5.41) is 6.39. The SMILES string of the molecule is CCOCCCNC(=O)CC1CCN(C(=O)Nc2cccc(Cl)c2)CC1. The second-order valence-electron chi connectivity index (χ2n) is 6.48. The van der Waals surface area contributed by atoms with Crippen LogP contribution in [-0.4, -0.2) is 49.7 Å². The number of ether oxygens (including phenoxy) is 1. The largest absolute Gasteiger partial charge is 0.382 e. The Morgan fingerprint density at radius 3 is 2.77 bits per heavy atom. The molecule has 1 heterocycles. The Bertz CT molecular complexity index is 589. The van der Waals surface area contributed by atoms with E-state index in [1.165, 1.54) is 0 Å². The molecular weight excluding hydrogens is 354 g/mol. The Labute approximate surface area is 160 Å².